The first kappa shape index (κ1) is 11.6. The molecule has 0 bridgehead atoms. The summed E-state index contributed by atoms with van der Waals surface area (Å²) in [5.74, 6) is 1.46. The Hall–Kier alpha value is -1.48. The number of nitrogens with two attached hydrogens (primary N) is 1. The topological polar surface area (TPSA) is 44.5 Å². The summed E-state index contributed by atoms with van der Waals surface area (Å²) < 4.78 is 10.3. The number of methoxy groups -OCH3 is 2. The highest BCUT2D eigenvalue weighted by Crippen LogP contribution is 2.27. The number of hydrogen-bond donors (Lipinski definition) is 1. The molecule has 1 rings (SSSR count). The van der Waals surface area contributed by atoms with Gasteiger partial charge in [-0.1, -0.05) is 18.2 Å². The Kier molecular flexibility index (Phi) is 4.18. The molecule has 0 saturated heterocycles. The summed E-state index contributed by atoms with van der Waals surface area (Å²) >= 11 is 0. The molecule has 0 spiro atoms. The molecule has 15 heavy (non-hydrogen) atoms. The van der Waals surface area contributed by atoms with E-state index in [-0.39, 0.29) is 6.04 Å². The first-order valence-electron chi connectivity index (χ1n) is 4.83. The summed E-state index contributed by atoms with van der Waals surface area (Å²) in [4.78, 5) is 0. The van der Waals surface area contributed by atoms with Gasteiger partial charge >= 0.3 is 0 Å². The highest BCUT2D eigenvalue weighted by molar-refractivity contribution is 5.56. The fraction of sp³-hybridized carbons (Fsp3) is 0.333. The van der Waals surface area contributed by atoms with Gasteiger partial charge in [0.05, 0.1) is 14.2 Å². The molecule has 0 aliphatic heterocycles. The molecule has 3 nitrogen and oxygen atoms in total. The average molecular weight is 207 g/mol. The molecule has 0 heterocycles. The number of ether oxygens (including phenoxy) is 2. The van der Waals surface area contributed by atoms with Crippen LogP contribution in [0.1, 0.15) is 12.5 Å². The van der Waals surface area contributed by atoms with Crippen LogP contribution in [0.25, 0.3) is 6.08 Å². The van der Waals surface area contributed by atoms with E-state index in [1.165, 1.54) is 0 Å². The van der Waals surface area contributed by atoms with Gasteiger partial charge in [-0.25, -0.2) is 0 Å². The predicted octanol–water partition coefficient (Wildman–Crippen LogP) is 2.06. The van der Waals surface area contributed by atoms with Crippen molar-refractivity contribution in [1.29, 1.82) is 0 Å². The third kappa shape index (κ3) is 3.29. The molecule has 0 aromatic heterocycles. The number of benzene rings is 1. The van der Waals surface area contributed by atoms with Crippen LogP contribution in [0.2, 0.25) is 0 Å². The van der Waals surface area contributed by atoms with Crippen molar-refractivity contribution in [3.8, 4) is 11.5 Å². The second-order valence-corrected chi connectivity index (χ2v) is 3.33. The van der Waals surface area contributed by atoms with Crippen LogP contribution in [0.3, 0.4) is 0 Å². The van der Waals surface area contributed by atoms with Crippen LogP contribution in [0.15, 0.2) is 24.3 Å². The van der Waals surface area contributed by atoms with Crippen molar-refractivity contribution < 1.29 is 9.47 Å². The van der Waals surface area contributed by atoms with E-state index in [1.807, 2.05) is 37.3 Å². The minimum Gasteiger partial charge on any atom is -0.493 e. The molecule has 1 aromatic carbocycles. The van der Waals surface area contributed by atoms with E-state index in [4.69, 9.17) is 15.2 Å². The van der Waals surface area contributed by atoms with Gasteiger partial charge in [0, 0.05) is 6.04 Å². The fourth-order valence-electron chi connectivity index (χ4n) is 1.22. The van der Waals surface area contributed by atoms with Crippen LogP contribution in [0.5, 0.6) is 11.5 Å². The van der Waals surface area contributed by atoms with Crippen LogP contribution >= 0.6 is 0 Å². The van der Waals surface area contributed by atoms with Crippen molar-refractivity contribution in [3.05, 3.63) is 29.8 Å². The molecule has 0 aliphatic rings. The Balaban J connectivity index is 2.93. The van der Waals surface area contributed by atoms with E-state index in [0.29, 0.717) is 0 Å². The first-order chi connectivity index (χ1) is 7.17. The van der Waals surface area contributed by atoms with E-state index < -0.39 is 0 Å². The smallest absolute Gasteiger partial charge is 0.161 e. The molecular formula is C12H17NO2. The Labute approximate surface area is 90.5 Å². The van der Waals surface area contributed by atoms with Crippen molar-refractivity contribution in [2.24, 2.45) is 5.73 Å². The number of rotatable bonds is 4. The quantitative estimate of drug-likeness (QED) is 0.822. The van der Waals surface area contributed by atoms with E-state index in [9.17, 15) is 0 Å². The molecule has 1 aromatic rings. The van der Waals surface area contributed by atoms with Crippen LogP contribution in [-0.4, -0.2) is 20.3 Å². The molecule has 0 radical (unpaired) electrons. The third-order valence-corrected chi connectivity index (χ3v) is 2.00. The maximum Gasteiger partial charge on any atom is 0.161 e. The summed E-state index contributed by atoms with van der Waals surface area (Å²) in [6, 6.07) is 5.80. The normalized spacial score (nSPS) is 12.8. The molecule has 82 valence electrons. The van der Waals surface area contributed by atoms with Crippen molar-refractivity contribution >= 4 is 6.08 Å². The summed E-state index contributed by atoms with van der Waals surface area (Å²) in [7, 11) is 3.24. The number of hydrogen-bond acceptors (Lipinski definition) is 3. The van der Waals surface area contributed by atoms with Crippen molar-refractivity contribution in [2.45, 2.75) is 13.0 Å². The van der Waals surface area contributed by atoms with Crippen molar-refractivity contribution in [2.75, 3.05) is 14.2 Å². The zero-order valence-electron chi connectivity index (χ0n) is 9.36. The monoisotopic (exact) mass is 207 g/mol. The summed E-state index contributed by atoms with van der Waals surface area (Å²) in [5, 5.41) is 0. The highest BCUT2D eigenvalue weighted by Gasteiger charge is 2.02. The van der Waals surface area contributed by atoms with E-state index in [2.05, 4.69) is 0 Å². The minimum absolute atomic E-state index is 0.0538. The minimum atomic E-state index is 0.0538. The van der Waals surface area contributed by atoms with Crippen LogP contribution < -0.4 is 15.2 Å². The Morgan fingerprint density at radius 3 is 2.40 bits per heavy atom. The van der Waals surface area contributed by atoms with Crippen molar-refractivity contribution in [3.63, 3.8) is 0 Å². The third-order valence-electron chi connectivity index (χ3n) is 2.00. The summed E-state index contributed by atoms with van der Waals surface area (Å²) in [5.41, 5.74) is 6.67. The maximum absolute atomic E-state index is 5.62. The van der Waals surface area contributed by atoms with Gasteiger partial charge in [-0.3, -0.25) is 0 Å². The van der Waals surface area contributed by atoms with Gasteiger partial charge in [0.25, 0.3) is 0 Å². The molecule has 2 N–H and O–H groups in total. The lowest BCUT2D eigenvalue weighted by atomic mass is 10.1. The second kappa shape index (κ2) is 5.41. The molecule has 1 unspecified atom stereocenters. The largest absolute Gasteiger partial charge is 0.493 e. The molecule has 0 amide bonds. The van der Waals surface area contributed by atoms with E-state index in [1.54, 1.807) is 14.2 Å². The lowest BCUT2D eigenvalue weighted by Crippen LogP contribution is -2.09. The van der Waals surface area contributed by atoms with E-state index in [0.717, 1.165) is 17.1 Å². The first-order valence-corrected chi connectivity index (χ1v) is 4.83. The maximum atomic E-state index is 5.62. The SMILES string of the molecule is COc1ccc(C=CC(C)N)cc1OC. The van der Waals surface area contributed by atoms with Crippen molar-refractivity contribution in [1.82, 2.24) is 0 Å². The molecule has 3 heteroatoms. The Morgan fingerprint density at radius 2 is 1.87 bits per heavy atom. The van der Waals surface area contributed by atoms with E-state index >= 15 is 0 Å². The van der Waals surface area contributed by atoms with Crippen LogP contribution in [0, 0.1) is 0 Å². The Morgan fingerprint density at radius 1 is 1.20 bits per heavy atom. The lowest BCUT2D eigenvalue weighted by Gasteiger charge is -2.07. The van der Waals surface area contributed by atoms with Crippen LogP contribution in [0.4, 0.5) is 0 Å². The van der Waals surface area contributed by atoms with Gasteiger partial charge in [0.15, 0.2) is 11.5 Å². The molecule has 0 aliphatic carbocycles. The molecule has 0 saturated carbocycles. The van der Waals surface area contributed by atoms with Crippen LogP contribution in [-0.2, 0) is 0 Å². The van der Waals surface area contributed by atoms with Gasteiger partial charge < -0.3 is 15.2 Å². The zero-order chi connectivity index (χ0) is 11.3. The van der Waals surface area contributed by atoms with Gasteiger partial charge in [-0.05, 0) is 24.6 Å². The fourth-order valence-corrected chi connectivity index (χ4v) is 1.22. The summed E-state index contributed by atoms with van der Waals surface area (Å²) in [6.45, 7) is 1.93. The van der Waals surface area contributed by atoms with Gasteiger partial charge in [-0.2, -0.15) is 0 Å². The molecular weight excluding hydrogens is 190 g/mol. The lowest BCUT2D eigenvalue weighted by molar-refractivity contribution is 0.355. The average Bonchev–Trinajstić information content (AvgIpc) is 2.25. The predicted molar refractivity (Wildman–Crippen MR) is 62.2 cm³/mol. The standard InChI is InChI=1S/C12H17NO2/c1-9(13)4-5-10-6-7-11(14-2)12(8-10)15-3/h4-9H,13H2,1-3H3. The van der Waals surface area contributed by atoms with Gasteiger partial charge in [-0.15, -0.1) is 0 Å². The highest BCUT2D eigenvalue weighted by atomic mass is 16.5. The zero-order valence-corrected chi connectivity index (χ0v) is 9.36. The van der Waals surface area contributed by atoms with Gasteiger partial charge in [0.2, 0.25) is 0 Å². The Bertz CT molecular complexity index is 345. The molecule has 1 atom stereocenters. The van der Waals surface area contributed by atoms with Gasteiger partial charge in [0.1, 0.15) is 0 Å². The second-order valence-electron chi connectivity index (χ2n) is 3.33. The molecule has 0 fully saturated rings. The summed E-state index contributed by atoms with van der Waals surface area (Å²) in [6.07, 6.45) is 3.90.